The fourth-order valence-corrected chi connectivity index (χ4v) is 1.96. The molecule has 0 unspecified atom stereocenters. The van der Waals surface area contributed by atoms with E-state index in [-0.39, 0.29) is 10.6 Å². The quantitative estimate of drug-likeness (QED) is 0.571. The van der Waals surface area contributed by atoms with E-state index in [2.05, 4.69) is 5.32 Å². The lowest BCUT2D eigenvalue weighted by atomic mass is 9.99. The van der Waals surface area contributed by atoms with E-state index in [4.69, 9.17) is 11.6 Å². The minimum atomic E-state index is -0.365. The molecule has 0 saturated carbocycles. The Morgan fingerprint density at radius 3 is 3.00 bits per heavy atom. The Labute approximate surface area is 86.0 Å². The maximum Gasteiger partial charge on any atom is 0.274 e. The van der Waals surface area contributed by atoms with E-state index in [0.717, 1.165) is 17.7 Å². The van der Waals surface area contributed by atoms with E-state index in [9.17, 15) is 10.1 Å². The summed E-state index contributed by atoms with van der Waals surface area (Å²) in [6.45, 7) is 1.45. The summed E-state index contributed by atoms with van der Waals surface area (Å²) in [5.74, 6) is 0. The van der Waals surface area contributed by atoms with Crippen LogP contribution in [0, 0.1) is 10.1 Å². The first-order chi connectivity index (χ1) is 6.68. The maximum absolute atomic E-state index is 10.8. The lowest BCUT2D eigenvalue weighted by Gasteiger charge is -2.16. The first-order valence-corrected chi connectivity index (χ1v) is 4.72. The Balaban J connectivity index is 2.58. The summed E-state index contributed by atoms with van der Waals surface area (Å²) in [5.41, 5.74) is 1.91. The van der Waals surface area contributed by atoms with Crippen molar-refractivity contribution < 1.29 is 4.92 Å². The average Bonchev–Trinajstić information content (AvgIpc) is 2.16. The van der Waals surface area contributed by atoms with Crippen LogP contribution in [0.5, 0.6) is 0 Å². The summed E-state index contributed by atoms with van der Waals surface area (Å²) >= 11 is 5.79. The van der Waals surface area contributed by atoms with Crippen molar-refractivity contribution in [3.05, 3.63) is 38.4 Å². The van der Waals surface area contributed by atoms with Crippen LogP contribution in [0.4, 0.5) is 5.69 Å². The number of halogens is 1. The number of benzene rings is 1. The molecule has 74 valence electrons. The highest BCUT2D eigenvalue weighted by Gasteiger charge is 2.20. The van der Waals surface area contributed by atoms with E-state index in [1.807, 2.05) is 0 Å². The Morgan fingerprint density at radius 1 is 1.50 bits per heavy atom. The summed E-state index contributed by atoms with van der Waals surface area (Å²) in [4.78, 5) is 10.4. The highest BCUT2D eigenvalue weighted by Crippen LogP contribution is 2.29. The summed E-state index contributed by atoms with van der Waals surface area (Å²) in [7, 11) is 0. The molecule has 1 aliphatic rings. The molecule has 1 N–H and O–H groups in total. The zero-order chi connectivity index (χ0) is 10.1. The van der Waals surface area contributed by atoms with Gasteiger partial charge in [-0.3, -0.25) is 10.1 Å². The molecule has 4 nitrogen and oxygen atoms in total. The van der Waals surface area contributed by atoms with Gasteiger partial charge < -0.3 is 5.32 Å². The Bertz CT molecular complexity index is 393. The zero-order valence-electron chi connectivity index (χ0n) is 7.42. The van der Waals surface area contributed by atoms with Crippen LogP contribution in [0.25, 0.3) is 0 Å². The van der Waals surface area contributed by atoms with Gasteiger partial charge in [0.15, 0.2) is 0 Å². The molecule has 0 radical (unpaired) electrons. The lowest BCUT2D eigenvalue weighted by Crippen LogP contribution is -2.24. The number of nitrogens with one attached hydrogen (secondary N) is 1. The highest BCUT2D eigenvalue weighted by atomic mass is 35.5. The van der Waals surface area contributed by atoms with Crippen LogP contribution in [-0.4, -0.2) is 11.5 Å². The van der Waals surface area contributed by atoms with Crippen LogP contribution in [0.15, 0.2) is 12.1 Å². The van der Waals surface area contributed by atoms with Crippen molar-refractivity contribution in [2.75, 3.05) is 6.54 Å². The minimum Gasteiger partial charge on any atom is -0.312 e. The second-order valence-electron chi connectivity index (χ2n) is 3.25. The van der Waals surface area contributed by atoms with Gasteiger partial charge in [0.05, 0.1) is 4.92 Å². The van der Waals surface area contributed by atoms with Gasteiger partial charge in [-0.2, -0.15) is 0 Å². The van der Waals surface area contributed by atoms with Crippen molar-refractivity contribution in [1.82, 2.24) is 5.32 Å². The first-order valence-electron chi connectivity index (χ1n) is 4.35. The molecular formula is C9H9ClN2O2. The van der Waals surface area contributed by atoms with Crippen LogP contribution in [0.3, 0.4) is 0 Å². The fraction of sp³-hybridized carbons (Fsp3) is 0.333. The molecule has 0 spiro atoms. The SMILES string of the molecule is O=[N+]([O-])c1cc(Cl)cc2c1CCNC2. The summed E-state index contributed by atoms with van der Waals surface area (Å²) < 4.78 is 0. The van der Waals surface area contributed by atoms with Gasteiger partial charge in [0.1, 0.15) is 0 Å². The van der Waals surface area contributed by atoms with Crippen LogP contribution < -0.4 is 5.32 Å². The van der Waals surface area contributed by atoms with Crippen molar-refractivity contribution in [1.29, 1.82) is 0 Å². The molecule has 1 heterocycles. The molecule has 0 fully saturated rings. The lowest BCUT2D eigenvalue weighted by molar-refractivity contribution is -0.385. The van der Waals surface area contributed by atoms with E-state index >= 15 is 0 Å². The molecule has 1 aliphatic heterocycles. The second-order valence-corrected chi connectivity index (χ2v) is 3.68. The highest BCUT2D eigenvalue weighted by molar-refractivity contribution is 6.30. The summed E-state index contributed by atoms with van der Waals surface area (Å²) in [6, 6.07) is 3.21. The van der Waals surface area contributed by atoms with E-state index < -0.39 is 0 Å². The third kappa shape index (κ3) is 1.58. The van der Waals surface area contributed by atoms with Gasteiger partial charge in [-0.25, -0.2) is 0 Å². The fourth-order valence-electron chi connectivity index (χ4n) is 1.72. The van der Waals surface area contributed by atoms with Crippen LogP contribution >= 0.6 is 11.6 Å². The molecule has 0 bridgehead atoms. The Hall–Kier alpha value is -1.13. The molecule has 1 aromatic carbocycles. The molecule has 0 saturated heterocycles. The molecular weight excluding hydrogens is 204 g/mol. The number of nitrogens with zero attached hydrogens (tertiary/aromatic N) is 1. The maximum atomic E-state index is 10.8. The predicted octanol–water partition coefficient (Wildman–Crippen LogP) is 1.89. The summed E-state index contributed by atoms with van der Waals surface area (Å²) in [6.07, 6.45) is 0.697. The number of hydrogen-bond acceptors (Lipinski definition) is 3. The molecule has 0 aliphatic carbocycles. The minimum absolute atomic E-state index is 0.147. The number of rotatable bonds is 1. The monoisotopic (exact) mass is 212 g/mol. The van der Waals surface area contributed by atoms with E-state index in [1.165, 1.54) is 6.07 Å². The standard InChI is InChI=1S/C9H9ClN2O2/c10-7-3-6-5-11-2-1-8(6)9(4-7)12(13)14/h3-4,11H,1-2,5H2. The van der Waals surface area contributed by atoms with E-state index in [1.54, 1.807) is 6.07 Å². The average molecular weight is 213 g/mol. The Kier molecular flexibility index (Phi) is 2.39. The number of hydrogen-bond donors (Lipinski definition) is 1. The van der Waals surface area contributed by atoms with E-state index in [0.29, 0.717) is 18.0 Å². The van der Waals surface area contributed by atoms with Crippen molar-refractivity contribution in [3.63, 3.8) is 0 Å². The van der Waals surface area contributed by atoms with Crippen LogP contribution in [0.1, 0.15) is 11.1 Å². The molecule has 0 aromatic heterocycles. The van der Waals surface area contributed by atoms with Gasteiger partial charge in [-0.1, -0.05) is 11.6 Å². The molecule has 0 amide bonds. The normalized spacial score (nSPS) is 14.9. The molecule has 14 heavy (non-hydrogen) atoms. The largest absolute Gasteiger partial charge is 0.312 e. The number of fused-ring (bicyclic) bond motifs is 1. The molecule has 1 aromatic rings. The van der Waals surface area contributed by atoms with Gasteiger partial charge in [0.2, 0.25) is 0 Å². The number of nitro benzene ring substituents is 1. The van der Waals surface area contributed by atoms with Crippen molar-refractivity contribution in [2.45, 2.75) is 13.0 Å². The van der Waals surface area contributed by atoms with Crippen LogP contribution in [0.2, 0.25) is 5.02 Å². The van der Waals surface area contributed by atoms with Crippen LogP contribution in [-0.2, 0) is 13.0 Å². The smallest absolute Gasteiger partial charge is 0.274 e. The van der Waals surface area contributed by atoms with Gasteiger partial charge in [0.25, 0.3) is 5.69 Å². The van der Waals surface area contributed by atoms with Crippen molar-refractivity contribution >= 4 is 17.3 Å². The topological polar surface area (TPSA) is 55.2 Å². The Morgan fingerprint density at radius 2 is 2.29 bits per heavy atom. The molecule has 2 rings (SSSR count). The molecule has 0 atom stereocenters. The number of nitro groups is 1. The second kappa shape index (κ2) is 3.55. The first kappa shape index (κ1) is 9.43. The predicted molar refractivity (Wildman–Crippen MR) is 53.5 cm³/mol. The van der Waals surface area contributed by atoms with Gasteiger partial charge in [-0.05, 0) is 24.6 Å². The molecule has 5 heteroatoms. The third-order valence-electron chi connectivity index (χ3n) is 2.35. The third-order valence-corrected chi connectivity index (χ3v) is 2.57. The van der Waals surface area contributed by atoms with Crippen molar-refractivity contribution in [3.8, 4) is 0 Å². The van der Waals surface area contributed by atoms with Gasteiger partial charge >= 0.3 is 0 Å². The van der Waals surface area contributed by atoms with Crippen molar-refractivity contribution in [2.24, 2.45) is 0 Å². The zero-order valence-corrected chi connectivity index (χ0v) is 8.17. The van der Waals surface area contributed by atoms with Gasteiger partial charge in [0, 0.05) is 23.2 Å². The van der Waals surface area contributed by atoms with Gasteiger partial charge in [-0.15, -0.1) is 0 Å². The summed E-state index contributed by atoms with van der Waals surface area (Å²) in [5, 5.41) is 14.3.